The quantitative estimate of drug-likeness (QED) is 0.411. The van der Waals surface area contributed by atoms with Gasteiger partial charge in [-0.3, -0.25) is 9.52 Å². The van der Waals surface area contributed by atoms with E-state index in [0.29, 0.717) is 29.3 Å². The van der Waals surface area contributed by atoms with Crippen LogP contribution in [0.1, 0.15) is 17.3 Å². The molecule has 31 heavy (non-hydrogen) atoms. The van der Waals surface area contributed by atoms with Crippen molar-refractivity contribution in [2.45, 2.75) is 11.8 Å². The molecule has 0 heterocycles. The van der Waals surface area contributed by atoms with E-state index in [2.05, 4.69) is 10.0 Å². The van der Waals surface area contributed by atoms with Crippen molar-refractivity contribution in [3.8, 4) is 5.75 Å². The van der Waals surface area contributed by atoms with Crippen LogP contribution in [0.15, 0.2) is 65.6 Å². The molecule has 0 saturated heterocycles. The number of anilines is 3. The van der Waals surface area contributed by atoms with E-state index >= 15 is 0 Å². The van der Waals surface area contributed by atoms with Gasteiger partial charge < -0.3 is 15.8 Å². The van der Waals surface area contributed by atoms with Gasteiger partial charge in [0.25, 0.3) is 15.9 Å². The Labute approximate surface area is 190 Å². The molecule has 0 aliphatic heterocycles. The number of hydrogen-bond acceptors (Lipinski definition) is 5. The Balaban J connectivity index is 1.70. The van der Waals surface area contributed by atoms with E-state index in [1.165, 1.54) is 48.5 Å². The Morgan fingerprint density at radius 1 is 0.968 bits per heavy atom. The molecule has 3 aromatic carbocycles. The minimum atomic E-state index is -3.79. The van der Waals surface area contributed by atoms with Crippen LogP contribution in [0.2, 0.25) is 10.0 Å². The summed E-state index contributed by atoms with van der Waals surface area (Å²) in [6.45, 7) is 2.33. The molecule has 7 nitrogen and oxygen atoms in total. The number of carbonyl (C=O) groups is 1. The molecule has 4 N–H and O–H groups in total. The number of nitrogens with one attached hydrogen (secondary N) is 2. The lowest BCUT2D eigenvalue weighted by Crippen LogP contribution is -2.14. The Kier molecular flexibility index (Phi) is 6.94. The van der Waals surface area contributed by atoms with Crippen LogP contribution >= 0.6 is 23.2 Å². The van der Waals surface area contributed by atoms with Crippen molar-refractivity contribution in [3.63, 3.8) is 0 Å². The van der Waals surface area contributed by atoms with Gasteiger partial charge in [0.05, 0.1) is 27.2 Å². The highest BCUT2D eigenvalue weighted by Crippen LogP contribution is 2.31. The summed E-state index contributed by atoms with van der Waals surface area (Å²) in [5.41, 5.74) is 6.92. The third-order valence-electron chi connectivity index (χ3n) is 4.18. The molecule has 0 bridgehead atoms. The average Bonchev–Trinajstić information content (AvgIpc) is 2.73. The predicted octanol–water partition coefficient (Wildman–Crippen LogP) is 5.03. The molecule has 0 aliphatic carbocycles. The molecule has 0 fully saturated rings. The minimum absolute atomic E-state index is 0.0925. The molecule has 0 aromatic heterocycles. The highest BCUT2D eigenvalue weighted by atomic mass is 35.5. The zero-order valence-electron chi connectivity index (χ0n) is 16.4. The van der Waals surface area contributed by atoms with E-state index in [-0.39, 0.29) is 20.6 Å². The van der Waals surface area contributed by atoms with Gasteiger partial charge in [-0.1, -0.05) is 23.2 Å². The molecule has 1 amide bonds. The second-order valence-corrected chi connectivity index (χ2v) is 8.89. The van der Waals surface area contributed by atoms with Gasteiger partial charge in [-0.05, 0) is 67.6 Å². The maximum absolute atomic E-state index is 12.6. The predicted molar refractivity (Wildman–Crippen MR) is 124 cm³/mol. The van der Waals surface area contributed by atoms with Crippen molar-refractivity contribution in [2.75, 3.05) is 22.4 Å². The number of halogens is 2. The largest absolute Gasteiger partial charge is 0.494 e. The summed E-state index contributed by atoms with van der Waals surface area (Å²) in [5, 5.41) is 3.11. The first-order chi connectivity index (χ1) is 14.7. The second kappa shape index (κ2) is 9.47. The van der Waals surface area contributed by atoms with Gasteiger partial charge >= 0.3 is 0 Å². The monoisotopic (exact) mass is 479 g/mol. The first-order valence-corrected chi connectivity index (χ1v) is 11.3. The lowest BCUT2D eigenvalue weighted by Gasteiger charge is -2.11. The first-order valence-electron chi connectivity index (χ1n) is 9.11. The third kappa shape index (κ3) is 5.61. The van der Waals surface area contributed by atoms with Gasteiger partial charge in [-0.15, -0.1) is 0 Å². The standard InChI is InChI=1S/C21H19Cl2N3O4S/c1-2-30-16-7-9-17(10-8-16)31(28,29)26-14-5-3-13(4-6-14)21(27)25-15-11-18(22)20(24)19(23)12-15/h3-12,26H,2,24H2,1H3,(H,25,27). The molecule has 162 valence electrons. The SMILES string of the molecule is CCOc1ccc(S(=O)(=O)Nc2ccc(C(=O)Nc3cc(Cl)c(N)c(Cl)c3)cc2)cc1. The summed E-state index contributed by atoms with van der Waals surface area (Å²) < 4.78 is 32.9. The van der Waals surface area contributed by atoms with Gasteiger partial charge in [-0.2, -0.15) is 0 Å². The fourth-order valence-electron chi connectivity index (χ4n) is 2.65. The van der Waals surface area contributed by atoms with Crippen LogP contribution in [0, 0.1) is 0 Å². The number of amides is 1. The number of nitrogens with two attached hydrogens (primary N) is 1. The molecule has 0 unspecified atom stereocenters. The molecule has 10 heteroatoms. The van der Waals surface area contributed by atoms with E-state index in [1.807, 2.05) is 6.92 Å². The normalized spacial score (nSPS) is 11.1. The number of hydrogen-bond donors (Lipinski definition) is 3. The van der Waals surface area contributed by atoms with Crippen molar-refractivity contribution in [3.05, 3.63) is 76.3 Å². The van der Waals surface area contributed by atoms with E-state index < -0.39 is 15.9 Å². The van der Waals surface area contributed by atoms with Crippen molar-refractivity contribution >= 4 is 56.2 Å². The molecule has 3 aromatic rings. The van der Waals surface area contributed by atoms with Crippen molar-refractivity contribution < 1.29 is 17.9 Å². The summed E-state index contributed by atoms with van der Waals surface area (Å²) in [5.74, 6) is 0.165. The summed E-state index contributed by atoms with van der Waals surface area (Å²) in [7, 11) is -3.79. The number of benzene rings is 3. The van der Waals surface area contributed by atoms with E-state index in [1.54, 1.807) is 12.1 Å². The lowest BCUT2D eigenvalue weighted by molar-refractivity contribution is 0.102. The summed E-state index contributed by atoms with van der Waals surface area (Å²) in [6.07, 6.45) is 0. The molecular weight excluding hydrogens is 461 g/mol. The maximum Gasteiger partial charge on any atom is 0.261 e. The highest BCUT2D eigenvalue weighted by molar-refractivity contribution is 7.92. The summed E-state index contributed by atoms with van der Waals surface area (Å²) >= 11 is 11.9. The molecule has 0 atom stereocenters. The molecule has 3 rings (SSSR count). The Hall–Kier alpha value is -2.94. The molecule has 0 aliphatic rings. The van der Waals surface area contributed by atoms with Crippen molar-refractivity contribution in [1.29, 1.82) is 0 Å². The minimum Gasteiger partial charge on any atom is -0.494 e. The lowest BCUT2D eigenvalue weighted by atomic mass is 10.2. The van der Waals surface area contributed by atoms with Crippen LogP contribution in [-0.2, 0) is 10.0 Å². The number of carbonyl (C=O) groups excluding carboxylic acids is 1. The van der Waals surface area contributed by atoms with Crippen molar-refractivity contribution in [2.24, 2.45) is 0 Å². The smallest absolute Gasteiger partial charge is 0.261 e. The fraction of sp³-hybridized carbons (Fsp3) is 0.0952. The molecule has 0 spiro atoms. The van der Waals surface area contributed by atoms with E-state index in [4.69, 9.17) is 33.7 Å². The number of ether oxygens (including phenoxy) is 1. The van der Waals surface area contributed by atoms with Gasteiger partial charge in [0, 0.05) is 16.9 Å². The highest BCUT2D eigenvalue weighted by Gasteiger charge is 2.15. The van der Waals surface area contributed by atoms with Crippen molar-refractivity contribution in [1.82, 2.24) is 0 Å². The maximum atomic E-state index is 12.6. The molecule has 0 saturated carbocycles. The van der Waals surface area contributed by atoms with Gasteiger partial charge in [-0.25, -0.2) is 8.42 Å². The van der Waals surface area contributed by atoms with Gasteiger partial charge in [0.2, 0.25) is 0 Å². The second-order valence-electron chi connectivity index (χ2n) is 6.39. The number of nitrogen functional groups attached to an aromatic ring is 1. The zero-order chi connectivity index (χ0) is 22.6. The van der Waals surface area contributed by atoms with Crippen LogP contribution in [0.25, 0.3) is 0 Å². The molecule has 0 radical (unpaired) electrons. The summed E-state index contributed by atoms with van der Waals surface area (Å²) in [6, 6.07) is 15.0. The van der Waals surface area contributed by atoms with Crippen LogP contribution in [0.3, 0.4) is 0 Å². The fourth-order valence-corrected chi connectivity index (χ4v) is 4.19. The Bertz CT molecular complexity index is 1180. The zero-order valence-corrected chi connectivity index (χ0v) is 18.7. The van der Waals surface area contributed by atoms with Gasteiger partial charge in [0.15, 0.2) is 0 Å². The molecular formula is C21H19Cl2N3O4S. The van der Waals surface area contributed by atoms with E-state index in [9.17, 15) is 13.2 Å². The van der Waals surface area contributed by atoms with E-state index in [0.717, 1.165) is 0 Å². The van der Waals surface area contributed by atoms with Crippen LogP contribution in [0.5, 0.6) is 5.75 Å². The van der Waals surface area contributed by atoms with Gasteiger partial charge in [0.1, 0.15) is 5.75 Å². The average molecular weight is 480 g/mol. The third-order valence-corrected chi connectivity index (χ3v) is 6.20. The Morgan fingerprint density at radius 2 is 1.55 bits per heavy atom. The first kappa shape index (κ1) is 22.7. The van der Waals surface area contributed by atoms with Crippen LogP contribution in [-0.4, -0.2) is 20.9 Å². The number of rotatable bonds is 7. The topological polar surface area (TPSA) is 111 Å². The number of sulfonamides is 1. The van der Waals surface area contributed by atoms with Crippen LogP contribution in [0.4, 0.5) is 17.1 Å². The van der Waals surface area contributed by atoms with Crippen LogP contribution < -0.4 is 20.5 Å². The summed E-state index contributed by atoms with van der Waals surface area (Å²) in [4.78, 5) is 12.5. The Morgan fingerprint density at radius 3 is 2.10 bits per heavy atom.